The van der Waals surface area contributed by atoms with Crippen molar-refractivity contribution in [1.82, 2.24) is 14.5 Å². The summed E-state index contributed by atoms with van der Waals surface area (Å²) in [5.41, 5.74) is 1.02. The molecular formula is C17H19N3O3S. The van der Waals surface area contributed by atoms with E-state index in [1.807, 2.05) is 42.5 Å². The molecule has 7 heteroatoms. The Morgan fingerprint density at radius 2 is 2.08 bits per heavy atom. The summed E-state index contributed by atoms with van der Waals surface area (Å²) in [5, 5.41) is 4.06. The van der Waals surface area contributed by atoms with Gasteiger partial charge in [-0.2, -0.15) is 5.10 Å². The number of sulfonamides is 1. The Balaban J connectivity index is 1.64. The van der Waals surface area contributed by atoms with E-state index in [9.17, 15) is 13.2 Å². The molecule has 0 saturated carbocycles. The number of aromatic nitrogens is 2. The molecule has 1 amide bonds. The minimum Gasteiger partial charge on any atom is -0.274 e. The second-order valence-electron chi connectivity index (χ2n) is 5.86. The second-order valence-corrected chi connectivity index (χ2v) is 7.54. The summed E-state index contributed by atoms with van der Waals surface area (Å²) in [6, 6.07) is 9.61. The lowest BCUT2D eigenvalue weighted by Gasteiger charge is -2.08. The highest BCUT2D eigenvalue weighted by Crippen LogP contribution is 2.20. The molecule has 1 aromatic heterocycles. The Morgan fingerprint density at radius 1 is 1.29 bits per heavy atom. The molecule has 0 saturated heterocycles. The van der Waals surface area contributed by atoms with Crippen molar-refractivity contribution >= 4 is 15.9 Å². The van der Waals surface area contributed by atoms with Gasteiger partial charge in [0.25, 0.3) is 10.0 Å². The van der Waals surface area contributed by atoms with Crippen molar-refractivity contribution in [1.29, 1.82) is 0 Å². The van der Waals surface area contributed by atoms with E-state index in [4.69, 9.17) is 0 Å². The third-order valence-corrected chi connectivity index (χ3v) is 5.24. The van der Waals surface area contributed by atoms with Crippen LogP contribution in [-0.4, -0.2) is 24.1 Å². The van der Waals surface area contributed by atoms with E-state index in [0.29, 0.717) is 6.54 Å². The highest BCUT2D eigenvalue weighted by Gasteiger charge is 2.22. The van der Waals surface area contributed by atoms with Crippen LogP contribution < -0.4 is 4.72 Å². The summed E-state index contributed by atoms with van der Waals surface area (Å²) in [4.78, 5) is 11.9. The molecule has 3 rings (SSSR count). The third-order valence-electron chi connectivity index (χ3n) is 3.92. The molecule has 2 aromatic rings. The number of nitrogens with zero attached hydrogens (tertiary/aromatic N) is 2. The molecular weight excluding hydrogens is 326 g/mol. The Hall–Kier alpha value is -2.41. The van der Waals surface area contributed by atoms with Crippen molar-refractivity contribution in [2.24, 2.45) is 5.92 Å². The molecule has 0 radical (unpaired) electrons. The largest absolute Gasteiger partial charge is 0.274 e. The van der Waals surface area contributed by atoms with Crippen molar-refractivity contribution in [2.75, 3.05) is 0 Å². The van der Waals surface area contributed by atoms with Crippen LogP contribution in [0.4, 0.5) is 0 Å². The number of hydrogen-bond acceptors (Lipinski definition) is 4. The van der Waals surface area contributed by atoms with E-state index in [1.54, 1.807) is 0 Å². The van der Waals surface area contributed by atoms with Gasteiger partial charge in [-0.25, -0.2) is 13.1 Å². The number of carbonyl (C=O) groups excluding carboxylic acids is 1. The monoisotopic (exact) mass is 345 g/mol. The summed E-state index contributed by atoms with van der Waals surface area (Å²) in [7, 11) is -3.88. The van der Waals surface area contributed by atoms with Crippen molar-refractivity contribution in [3.05, 3.63) is 60.4 Å². The predicted octanol–water partition coefficient (Wildman–Crippen LogP) is 2.09. The van der Waals surface area contributed by atoms with Crippen molar-refractivity contribution in [2.45, 2.75) is 30.7 Å². The molecule has 126 valence electrons. The van der Waals surface area contributed by atoms with E-state index in [1.165, 1.54) is 17.1 Å². The van der Waals surface area contributed by atoms with Gasteiger partial charge in [0.2, 0.25) is 5.91 Å². The van der Waals surface area contributed by atoms with Gasteiger partial charge in [-0.05, 0) is 24.3 Å². The van der Waals surface area contributed by atoms with Crippen LogP contribution in [0.3, 0.4) is 0 Å². The van der Waals surface area contributed by atoms with Gasteiger partial charge in [0.1, 0.15) is 4.90 Å². The average Bonchev–Trinajstić information content (AvgIpc) is 3.20. The smallest absolute Gasteiger partial charge is 0.267 e. The quantitative estimate of drug-likeness (QED) is 0.813. The number of amides is 1. The van der Waals surface area contributed by atoms with Gasteiger partial charge in [0.15, 0.2) is 0 Å². The van der Waals surface area contributed by atoms with Crippen molar-refractivity contribution in [3.63, 3.8) is 0 Å². The van der Waals surface area contributed by atoms with Crippen molar-refractivity contribution in [3.8, 4) is 0 Å². The summed E-state index contributed by atoms with van der Waals surface area (Å²) in [6.45, 7) is 0.469. The van der Waals surface area contributed by atoms with Gasteiger partial charge in [-0.3, -0.25) is 9.48 Å². The van der Waals surface area contributed by atoms with Crippen LogP contribution in [0, 0.1) is 5.92 Å². The van der Waals surface area contributed by atoms with Crippen LogP contribution in [0.5, 0.6) is 0 Å². The molecule has 1 aliphatic rings. The standard InChI is InChI=1S/C17H19N3O3S/c21-17(10-14-6-4-5-7-14)19-24(22,23)16-11-18-20(13-16)12-15-8-2-1-3-9-15/h1-4,6,8-9,11,13-14H,5,7,10,12H2,(H,19,21)/t14-/m0/s1. The molecule has 0 bridgehead atoms. The van der Waals surface area contributed by atoms with Crippen LogP contribution in [0.2, 0.25) is 0 Å². The highest BCUT2D eigenvalue weighted by atomic mass is 32.2. The third kappa shape index (κ3) is 4.11. The summed E-state index contributed by atoms with van der Waals surface area (Å²) in [5.74, 6) is -0.358. The first-order chi connectivity index (χ1) is 11.5. The van der Waals surface area contributed by atoms with Crippen LogP contribution in [-0.2, 0) is 21.4 Å². The van der Waals surface area contributed by atoms with Gasteiger partial charge in [-0.1, -0.05) is 42.5 Å². The van der Waals surface area contributed by atoms with Gasteiger partial charge in [-0.15, -0.1) is 0 Å². The normalized spacial score (nSPS) is 17.1. The Labute approximate surface area is 141 Å². The summed E-state index contributed by atoms with van der Waals surface area (Å²) >= 11 is 0. The lowest BCUT2D eigenvalue weighted by Crippen LogP contribution is -2.31. The topological polar surface area (TPSA) is 81.1 Å². The molecule has 1 N–H and O–H groups in total. The summed E-state index contributed by atoms with van der Waals surface area (Å²) < 4.78 is 28.2. The average molecular weight is 345 g/mol. The number of hydrogen-bond donors (Lipinski definition) is 1. The lowest BCUT2D eigenvalue weighted by atomic mass is 10.1. The maximum Gasteiger partial charge on any atom is 0.267 e. The van der Waals surface area contributed by atoms with Crippen LogP contribution in [0.1, 0.15) is 24.8 Å². The number of carbonyl (C=O) groups is 1. The highest BCUT2D eigenvalue weighted by molar-refractivity contribution is 7.90. The van der Waals surface area contributed by atoms with E-state index < -0.39 is 15.9 Å². The molecule has 0 fully saturated rings. The Bertz CT molecular complexity index is 841. The first-order valence-corrected chi connectivity index (χ1v) is 9.30. The Morgan fingerprint density at radius 3 is 2.79 bits per heavy atom. The number of benzene rings is 1. The maximum absolute atomic E-state index is 12.3. The van der Waals surface area contributed by atoms with Crippen LogP contribution >= 0.6 is 0 Å². The van der Waals surface area contributed by atoms with E-state index in [-0.39, 0.29) is 17.2 Å². The molecule has 1 aliphatic carbocycles. The Kier molecular flexibility index (Phi) is 4.80. The lowest BCUT2D eigenvalue weighted by molar-refractivity contribution is -0.119. The molecule has 0 spiro atoms. The zero-order valence-corrected chi connectivity index (χ0v) is 13.9. The second kappa shape index (κ2) is 7.00. The summed E-state index contributed by atoms with van der Waals surface area (Å²) in [6.07, 6.45) is 8.68. The molecule has 6 nitrogen and oxygen atoms in total. The van der Waals surface area contributed by atoms with Gasteiger partial charge in [0.05, 0.1) is 12.7 Å². The van der Waals surface area contributed by atoms with Crippen LogP contribution in [0.15, 0.2) is 59.8 Å². The fourth-order valence-electron chi connectivity index (χ4n) is 2.69. The molecule has 0 aliphatic heterocycles. The zero-order chi connectivity index (χ0) is 17.0. The van der Waals surface area contributed by atoms with Gasteiger partial charge in [0, 0.05) is 12.6 Å². The maximum atomic E-state index is 12.3. The number of allylic oxidation sites excluding steroid dienone is 2. The molecule has 24 heavy (non-hydrogen) atoms. The number of nitrogens with one attached hydrogen (secondary N) is 1. The first-order valence-electron chi connectivity index (χ1n) is 7.81. The minimum atomic E-state index is -3.88. The molecule has 0 unspecified atom stereocenters. The fourth-order valence-corrected chi connectivity index (χ4v) is 3.64. The number of rotatable bonds is 6. The van der Waals surface area contributed by atoms with E-state index in [2.05, 4.69) is 9.82 Å². The SMILES string of the molecule is O=C(C[C@H]1C=CCC1)NS(=O)(=O)c1cnn(Cc2ccccc2)c1. The molecule has 1 heterocycles. The van der Waals surface area contributed by atoms with E-state index in [0.717, 1.165) is 18.4 Å². The fraction of sp³-hybridized carbons (Fsp3) is 0.294. The van der Waals surface area contributed by atoms with Crippen molar-refractivity contribution < 1.29 is 13.2 Å². The molecule has 1 atom stereocenters. The van der Waals surface area contributed by atoms with E-state index >= 15 is 0 Å². The van der Waals surface area contributed by atoms with Gasteiger partial charge < -0.3 is 0 Å². The van der Waals surface area contributed by atoms with Crippen LogP contribution in [0.25, 0.3) is 0 Å². The predicted molar refractivity (Wildman–Crippen MR) is 89.6 cm³/mol. The first kappa shape index (κ1) is 16.4. The molecule has 1 aromatic carbocycles. The van der Waals surface area contributed by atoms with Gasteiger partial charge >= 0.3 is 0 Å². The minimum absolute atomic E-state index is 0.00579. The zero-order valence-electron chi connectivity index (χ0n) is 13.1.